The molecule has 1 heterocycles. The second kappa shape index (κ2) is 5.76. The fourth-order valence-electron chi connectivity index (χ4n) is 2.14. The number of benzene rings is 1. The van der Waals surface area contributed by atoms with E-state index in [0.29, 0.717) is 0 Å². The van der Waals surface area contributed by atoms with E-state index in [-0.39, 0.29) is 12.1 Å². The number of carbonyl (C=O) groups excluding carboxylic acids is 1. The molecule has 4 heteroatoms. The molecule has 0 atom stereocenters. The Labute approximate surface area is 109 Å². The zero-order valence-corrected chi connectivity index (χ0v) is 11.1. The Hall–Kier alpha value is -1.71. The lowest BCUT2D eigenvalue weighted by atomic mass is 10.2. The average Bonchev–Trinajstić information content (AvgIpc) is 2.39. The highest BCUT2D eigenvalue weighted by molar-refractivity contribution is 5.74. The van der Waals surface area contributed by atoms with Gasteiger partial charge in [-0.2, -0.15) is 0 Å². The molecule has 0 unspecified atom stereocenters. The Kier molecular flexibility index (Phi) is 4.07. The minimum absolute atomic E-state index is 0.0534. The SMILES string of the molecule is CC(C)NC(=O)N1CCN(c2ccccc2)CC1. The molecule has 1 aromatic rings. The van der Waals surface area contributed by atoms with Crippen molar-refractivity contribution in [2.45, 2.75) is 19.9 Å². The van der Waals surface area contributed by atoms with Crippen LogP contribution in [0.25, 0.3) is 0 Å². The molecular formula is C14H21N3O. The van der Waals surface area contributed by atoms with E-state index in [1.807, 2.05) is 36.9 Å². The van der Waals surface area contributed by atoms with Crippen LogP contribution in [-0.2, 0) is 0 Å². The van der Waals surface area contributed by atoms with Gasteiger partial charge in [-0.05, 0) is 26.0 Å². The monoisotopic (exact) mass is 247 g/mol. The highest BCUT2D eigenvalue weighted by Crippen LogP contribution is 2.15. The number of piperazine rings is 1. The lowest BCUT2D eigenvalue weighted by Gasteiger charge is -2.36. The predicted molar refractivity (Wildman–Crippen MR) is 73.9 cm³/mol. The van der Waals surface area contributed by atoms with Crippen molar-refractivity contribution in [2.75, 3.05) is 31.1 Å². The fraction of sp³-hybridized carbons (Fsp3) is 0.500. The first-order valence-corrected chi connectivity index (χ1v) is 6.52. The molecule has 0 radical (unpaired) electrons. The number of urea groups is 1. The molecule has 1 fully saturated rings. The average molecular weight is 247 g/mol. The molecule has 0 aromatic heterocycles. The van der Waals surface area contributed by atoms with Gasteiger partial charge in [0.1, 0.15) is 0 Å². The number of nitrogens with zero attached hydrogens (tertiary/aromatic N) is 2. The van der Waals surface area contributed by atoms with E-state index >= 15 is 0 Å². The maximum atomic E-state index is 11.8. The summed E-state index contributed by atoms with van der Waals surface area (Å²) in [5.41, 5.74) is 1.24. The molecule has 2 amide bonds. The van der Waals surface area contributed by atoms with Gasteiger partial charge in [-0.15, -0.1) is 0 Å². The molecule has 1 aromatic carbocycles. The molecule has 0 spiro atoms. The van der Waals surface area contributed by atoms with Crippen molar-refractivity contribution < 1.29 is 4.79 Å². The Morgan fingerprint density at radius 3 is 2.28 bits per heavy atom. The Morgan fingerprint density at radius 2 is 1.72 bits per heavy atom. The molecule has 1 aliphatic heterocycles. The largest absolute Gasteiger partial charge is 0.368 e. The minimum atomic E-state index is 0.0534. The summed E-state index contributed by atoms with van der Waals surface area (Å²) < 4.78 is 0. The van der Waals surface area contributed by atoms with E-state index < -0.39 is 0 Å². The molecule has 0 saturated carbocycles. The zero-order chi connectivity index (χ0) is 13.0. The molecule has 2 rings (SSSR count). The first-order valence-electron chi connectivity index (χ1n) is 6.52. The van der Waals surface area contributed by atoms with Crippen molar-refractivity contribution in [1.29, 1.82) is 0 Å². The second-order valence-electron chi connectivity index (χ2n) is 4.91. The van der Waals surface area contributed by atoms with Crippen LogP contribution in [0.5, 0.6) is 0 Å². The normalized spacial score (nSPS) is 15.9. The van der Waals surface area contributed by atoms with Crippen molar-refractivity contribution in [3.05, 3.63) is 30.3 Å². The highest BCUT2D eigenvalue weighted by Gasteiger charge is 2.21. The van der Waals surface area contributed by atoms with Gasteiger partial charge in [-0.25, -0.2) is 4.79 Å². The number of carbonyl (C=O) groups is 1. The Bertz CT molecular complexity index is 383. The molecule has 0 aliphatic carbocycles. The third-order valence-electron chi connectivity index (χ3n) is 3.10. The summed E-state index contributed by atoms with van der Waals surface area (Å²) in [5.74, 6) is 0. The van der Waals surface area contributed by atoms with Crippen LogP contribution < -0.4 is 10.2 Å². The van der Waals surface area contributed by atoms with E-state index in [1.165, 1.54) is 5.69 Å². The number of anilines is 1. The van der Waals surface area contributed by atoms with E-state index in [1.54, 1.807) is 0 Å². The summed E-state index contributed by atoms with van der Waals surface area (Å²) in [6, 6.07) is 10.6. The molecule has 1 saturated heterocycles. The van der Waals surface area contributed by atoms with Crippen LogP contribution >= 0.6 is 0 Å². The first-order chi connectivity index (χ1) is 8.66. The Balaban J connectivity index is 1.87. The quantitative estimate of drug-likeness (QED) is 0.866. The lowest BCUT2D eigenvalue weighted by molar-refractivity contribution is 0.192. The van der Waals surface area contributed by atoms with Crippen molar-refractivity contribution in [2.24, 2.45) is 0 Å². The van der Waals surface area contributed by atoms with E-state index in [9.17, 15) is 4.79 Å². The van der Waals surface area contributed by atoms with E-state index in [0.717, 1.165) is 26.2 Å². The topological polar surface area (TPSA) is 35.6 Å². The van der Waals surface area contributed by atoms with Crippen molar-refractivity contribution in [1.82, 2.24) is 10.2 Å². The van der Waals surface area contributed by atoms with Crippen molar-refractivity contribution >= 4 is 11.7 Å². The van der Waals surface area contributed by atoms with Gasteiger partial charge < -0.3 is 15.1 Å². The zero-order valence-electron chi connectivity index (χ0n) is 11.1. The molecule has 0 bridgehead atoms. The smallest absolute Gasteiger partial charge is 0.317 e. The summed E-state index contributed by atoms with van der Waals surface area (Å²) in [5, 5.41) is 2.94. The first kappa shape index (κ1) is 12.7. The van der Waals surface area contributed by atoms with Crippen LogP contribution in [0.3, 0.4) is 0 Å². The summed E-state index contributed by atoms with van der Waals surface area (Å²) in [6.07, 6.45) is 0. The van der Waals surface area contributed by atoms with Crippen LogP contribution in [0, 0.1) is 0 Å². The maximum absolute atomic E-state index is 11.8. The molecule has 1 aliphatic rings. The van der Waals surface area contributed by atoms with Crippen LogP contribution in [0.1, 0.15) is 13.8 Å². The molecule has 18 heavy (non-hydrogen) atoms. The van der Waals surface area contributed by atoms with Crippen molar-refractivity contribution in [3.63, 3.8) is 0 Å². The van der Waals surface area contributed by atoms with E-state index in [2.05, 4.69) is 22.3 Å². The number of amides is 2. The highest BCUT2D eigenvalue weighted by atomic mass is 16.2. The van der Waals surface area contributed by atoms with Crippen LogP contribution in [0.15, 0.2) is 30.3 Å². The summed E-state index contributed by atoms with van der Waals surface area (Å²) in [7, 11) is 0. The van der Waals surface area contributed by atoms with Gasteiger partial charge in [0.2, 0.25) is 0 Å². The van der Waals surface area contributed by atoms with Gasteiger partial charge in [-0.1, -0.05) is 18.2 Å². The number of hydrogen-bond donors (Lipinski definition) is 1. The molecule has 1 N–H and O–H groups in total. The van der Waals surface area contributed by atoms with Gasteiger partial charge in [0.15, 0.2) is 0 Å². The van der Waals surface area contributed by atoms with Gasteiger partial charge >= 0.3 is 6.03 Å². The number of nitrogens with one attached hydrogen (secondary N) is 1. The second-order valence-corrected chi connectivity index (χ2v) is 4.91. The van der Waals surface area contributed by atoms with Crippen LogP contribution in [0.4, 0.5) is 10.5 Å². The van der Waals surface area contributed by atoms with Gasteiger partial charge in [0.25, 0.3) is 0 Å². The van der Waals surface area contributed by atoms with Crippen LogP contribution in [-0.4, -0.2) is 43.2 Å². The van der Waals surface area contributed by atoms with Crippen molar-refractivity contribution in [3.8, 4) is 0 Å². The summed E-state index contributed by atoms with van der Waals surface area (Å²) in [6.45, 7) is 7.34. The molecule has 4 nitrogen and oxygen atoms in total. The number of hydrogen-bond acceptors (Lipinski definition) is 2. The predicted octanol–water partition coefficient (Wildman–Crippen LogP) is 1.93. The van der Waals surface area contributed by atoms with Crippen LogP contribution in [0.2, 0.25) is 0 Å². The molecule has 98 valence electrons. The number of rotatable bonds is 2. The van der Waals surface area contributed by atoms with E-state index in [4.69, 9.17) is 0 Å². The third kappa shape index (κ3) is 3.15. The molecular weight excluding hydrogens is 226 g/mol. The Morgan fingerprint density at radius 1 is 1.11 bits per heavy atom. The summed E-state index contributed by atoms with van der Waals surface area (Å²) >= 11 is 0. The van der Waals surface area contributed by atoms with Gasteiger partial charge in [0, 0.05) is 37.9 Å². The standard InChI is InChI=1S/C14H21N3O/c1-12(2)15-14(18)17-10-8-16(9-11-17)13-6-4-3-5-7-13/h3-7,12H,8-11H2,1-2H3,(H,15,18). The fourth-order valence-corrected chi connectivity index (χ4v) is 2.14. The minimum Gasteiger partial charge on any atom is -0.368 e. The summed E-state index contributed by atoms with van der Waals surface area (Å²) in [4.78, 5) is 16.1. The lowest BCUT2D eigenvalue weighted by Crippen LogP contribution is -2.52. The maximum Gasteiger partial charge on any atom is 0.317 e. The van der Waals surface area contributed by atoms with Gasteiger partial charge in [-0.3, -0.25) is 0 Å². The number of para-hydroxylation sites is 1. The third-order valence-corrected chi connectivity index (χ3v) is 3.10. The van der Waals surface area contributed by atoms with Gasteiger partial charge in [0.05, 0.1) is 0 Å².